The van der Waals surface area contributed by atoms with Crippen LogP contribution in [-0.4, -0.2) is 34.3 Å². The van der Waals surface area contributed by atoms with Gasteiger partial charge >= 0.3 is 6.18 Å². The van der Waals surface area contributed by atoms with Crippen molar-refractivity contribution in [1.82, 2.24) is 10.3 Å². The maximum atomic E-state index is 12.5. The highest BCUT2D eigenvalue weighted by Gasteiger charge is 2.50. The molecular formula is C15H17F3N2O2S. The van der Waals surface area contributed by atoms with E-state index >= 15 is 0 Å². The molecule has 1 heterocycles. The van der Waals surface area contributed by atoms with Crippen LogP contribution in [0.4, 0.5) is 13.2 Å². The maximum Gasteiger partial charge on any atom is 0.417 e. The largest absolute Gasteiger partial charge is 0.417 e. The summed E-state index contributed by atoms with van der Waals surface area (Å²) in [7, 11) is 0. The SMILES string of the molecule is C[C@@](O)(CC(=O)NCCCc1nc2ccccc2s1)C(F)(F)F. The topological polar surface area (TPSA) is 62.2 Å². The number of aliphatic hydroxyl groups is 1. The van der Waals surface area contributed by atoms with E-state index in [2.05, 4.69) is 10.3 Å². The molecule has 2 rings (SSSR count). The molecular weight excluding hydrogens is 329 g/mol. The predicted molar refractivity (Wildman–Crippen MR) is 82.2 cm³/mol. The standard InChI is InChI=1S/C15H17F3N2O2S/c1-14(22,15(16,17)18)9-12(21)19-8-4-7-13-20-10-5-2-3-6-11(10)23-13/h2-3,5-6,22H,4,7-9H2,1H3,(H,19,21)/t14-/m1/s1. The van der Waals surface area contributed by atoms with Gasteiger partial charge in [-0.1, -0.05) is 12.1 Å². The summed E-state index contributed by atoms with van der Waals surface area (Å²) >= 11 is 1.56. The fraction of sp³-hybridized carbons (Fsp3) is 0.467. The number of aryl methyl sites for hydroxylation is 1. The number of amides is 1. The fourth-order valence-corrected chi connectivity index (χ4v) is 2.98. The zero-order valence-electron chi connectivity index (χ0n) is 12.5. The summed E-state index contributed by atoms with van der Waals surface area (Å²) in [5.41, 5.74) is -2.10. The number of nitrogens with zero attached hydrogens (tertiary/aromatic N) is 1. The summed E-state index contributed by atoms with van der Waals surface area (Å²) in [6.45, 7) is 0.830. The van der Waals surface area contributed by atoms with Crippen molar-refractivity contribution in [1.29, 1.82) is 0 Å². The van der Waals surface area contributed by atoms with Gasteiger partial charge in [-0.15, -0.1) is 11.3 Å². The molecule has 1 aromatic heterocycles. The Labute approximate surface area is 135 Å². The van der Waals surface area contributed by atoms with Crippen molar-refractivity contribution in [2.24, 2.45) is 0 Å². The van der Waals surface area contributed by atoms with Crippen molar-refractivity contribution >= 4 is 27.5 Å². The minimum atomic E-state index is -4.83. The van der Waals surface area contributed by atoms with Crippen LogP contribution in [0.25, 0.3) is 10.2 Å². The summed E-state index contributed by atoms with van der Waals surface area (Å²) in [4.78, 5) is 15.9. The first kappa shape index (κ1) is 17.7. The van der Waals surface area contributed by atoms with Crippen LogP contribution in [0.3, 0.4) is 0 Å². The molecule has 8 heteroatoms. The highest BCUT2D eigenvalue weighted by molar-refractivity contribution is 7.18. The van der Waals surface area contributed by atoms with Crippen LogP contribution in [0.15, 0.2) is 24.3 Å². The average molecular weight is 346 g/mol. The Bertz CT molecular complexity index is 650. The fourth-order valence-electron chi connectivity index (χ4n) is 1.97. The van der Waals surface area contributed by atoms with Crippen LogP contribution < -0.4 is 5.32 Å². The summed E-state index contributed by atoms with van der Waals surface area (Å²) in [5.74, 6) is -0.823. The van der Waals surface area contributed by atoms with Crippen LogP contribution in [0.2, 0.25) is 0 Å². The summed E-state index contributed by atoms with van der Waals surface area (Å²) in [6.07, 6.45) is -4.63. The minimum Gasteiger partial charge on any atom is -0.380 e. The number of fused-ring (bicyclic) bond motifs is 1. The van der Waals surface area contributed by atoms with E-state index in [1.807, 2.05) is 24.3 Å². The van der Waals surface area contributed by atoms with E-state index in [9.17, 15) is 23.1 Å². The Morgan fingerprint density at radius 2 is 2.04 bits per heavy atom. The third-order valence-corrected chi connectivity index (χ3v) is 4.44. The van der Waals surface area contributed by atoms with Crippen molar-refractivity contribution < 1.29 is 23.1 Å². The summed E-state index contributed by atoms with van der Waals surface area (Å²) < 4.78 is 38.5. The first-order valence-corrected chi connectivity index (χ1v) is 7.91. The van der Waals surface area contributed by atoms with Crippen LogP contribution in [-0.2, 0) is 11.2 Å². The third-order valence-electron chi connectivity index (χ3n) is 3.34. The number of benzene rings is 1. The number of alkyl halides is 3. The van der Waals surface area contributed by atoms with Gasteiger partial charge in [0, 0.05) is 13.0 Å². The van der Waals surface area contributed by atoms with Gasteiger partial charge in [-0.05, 0) is 25.5 Å². The van der Waals surface area contributed by atoms with Gasteiger partial charge in [-0.3, -0.25) is 4.79 Å². The van der Waals surface area contributed by atoms with Crippen LogP contribution >= 0.6 is 11.3 Å². The van der Waals surface area contributed by atoms with E-state index in [0.717, 1.165) is 15.2 Å². The van der Waals surface area contributed by atoms with Gasteiger partial charge in [0.1, 0.15) is 0 Å². The zero-order chi connectivity index (χ0) is 17.1. The normalized spacial score (nSPS) is 14.7. The van der Waals surface area contributed by atoms with Gasteiger partial charge in [0.05, 0.1) is 21.6 Å². The highest BCUT2D eigenvalue weighted by atomic mass is 32.1. The molecule has 0 radical (unpaired) electrons. The van der Waals surface area contributed by atoms with Crippen molar-refractivity contribution in [3.05, 3.63) is 29.3 Å². The number of carbonyl (C=O) groups excluding carboxylic acids is 1. The highest BCUT2D eigenvalue weighted by Crippen LogP contribution is 2.32. The Kier molecular flexibility index (Phi) is 5.26. The van der Waals surface area contributed by atoms with Gasteiger partial charge in [0.25, 0.3) is 0 Å². The van der Waals surface area contributed by atoms with Crippen molar-refractivity contribution in [3.63, 3.8) is 0 Å². The van der Waals surface area contributed by atoms with Gasteiger partial charge in [0.15, 0.2) is 5.60 Å². The molecule has 2 aromatic rings. The second-order valence-corrected chi connectivity index (χ2v) is 6.59. The van der Waals surface area contributed by atoms with Crippen molar-refractivity contribution in [2.75, 3.05) is 6.54 Å². The van der Waals surface area contributed by atoms with Gasteiger partial charge < -0.3 is 10.4 Å². The first-order chi connectivity index (χ1) is 10.7. The number of carbonyl (C=O) groups is 1. The Balaban J connectivity index is 1.76. The van der Waals surface area contributed by atoms with Crippen LogP contribution in [0, 0.1) is 0 Å². The molecule has 0 aliphatic carbocycles. The van der Waals surface area contributed by atoms with E-state index in [4.69, 9.17) is 0 Å². The first-order valence-electron chi connectivity index (χ1n) is 7.09. The number of halogens is 3. The molecule has 1 amide bonds. The number of thiazole rings is 1. The Hall–Kier alpha value is -1.67. The molecule has 126 valence electrons. The molecule has 0 bridgehead atoms. The third kappa shape index (κ3) is 4.65. The monoisotopic (exact) mass is 346 g/mol. The molecule has 4 nitrogen and oxygen atoms in total. The Morgan fingerprint density at radius 1 is 1.35 bits per heavy atom. The second-order valence-electron chi connectivity index (χ2n) is 5.48. The number of rotatable bonds is 6. The predicted octanol–water partition coefficient (Wildman–Crippen LogP) is 3.05. The average Bonchev–Trinajstić information content (AvgIpc) is 2.84. The van der Waals surface area contributed by atoms with Gasteiger partial charge in [-0.25, -0.2) is 4.98 Å². The molecule has 1 aromatic carbocycles. The molecule has 0 aliphatic rings. The number of para-hydroxylation sites is 1. The molecule has 0 fully saturated rings. The molecule has 2 N–H and O–H groups in total. The molecule has 0 saturated carbocycles. The quantitative estimate of drug-likeness (QED) is 0.791. The smallest absolute Gasteiger partial charge is 0.380 e. The molecule has 0 unspecified atom stereocenters. The second kappa shape index (κ2) is 6.84. The van der Waals surface area contributed by atoms with E-state index in [1.54, 1.807) is 11.3 Å². The van der Waals surface area contributed by atoms with E-state index in [-0.39, 0.29) is 6.54 Å². The van der Waals surface area contributed by atoms with Crippen molar-refractivity contribution in [2.45, 2.75) is 38.0 Å². The van der Waals surface area contributed by atoms with E-state index < -0.39 is 24.1 Å². The molecule has 23 heavy (non-hydrogen) atoms. The maximum absolute atomic E-state index is 12.5. The van der Waals surface area contributed by atoms with E-state index in [1.165, 1.54) is 0 Å². The number of hydrogen-bond donors (Lipinski definition) is 2. The molecule has 0 aliphatic heterocycles. The van der Waals surface area contributed by atoms with Crippen molar-refractivity contribution in [3.8, 4) is 0 Å². The van der Waals surface area contributed by atoms with Gasteiger partial charge in [-0.2, -0.15) is 13.2 Å². The lowest BCUT2D eigenvalue weighted by molar-refractivity contribution is -0.253. The molecule has 1 atom stereocenters. The summed E-state index contributed by atoms with van der Waals surface area (Å²) in [5, 5.41) is 12.6. The lowest BCUT2D eigenvalue weighted by Gasteiger charge is -2.25. The number of aromatic nitrogens is 1. The molecule has 0 spiro atoms. The lowest BCUT2D eigenvalue weighted by atomic mass is 10.0. The zero-order valence-corrected chi connectivity index (χ0v) is 13.3. The summed E-state index contributed by atoms with van der Waals surface area (Å²) in [6, 6.07) is 7.71. The van der Waals surface area contributed by atoms with Crippen LogP contribution in [0.1, 0.15) is 24.8 Å². The van der Waals surface area contributed by atoms with Crippen LogP contribution in [0.5, 0.6) is 0 Å². The number of hydrogen-bond acceptors (Lipinski definition) is 4. The lowest BCUT2D eigenvalue weighted by Crippen LogP contribution is -2.46. The molecule has 0 saturated heterocycles. The Morgan fingerprint density at radius 3 is 2.70 bits per heavy atom. The number of nitrogens with one attached hydrogen (secondary N) is 1. The van der Waals surface area contributed by atoms with E-state index in [0.29, 0.717) is 19.8 Å². The van der Waals surface area contributed by atoms with Gasteiger partial charge in [0.2, 0.25) is 5.91 Å². The minimum absolute atomic E-state index is 0.239.